The Hall–Kier alpha value is -4.66. The molecule has 0 saturated heterocycles. The number of hydrogen-bond donors (Lipinski definition) is 3. The zero-order valence-electron chi connectivity index (χ0n) is 19.4. The van der Waals surface area contributed by atoms with E-state index < -0.39 is 11.8 Å². The summed E-state index contributed by atoms with van der Waals surface area (Å²) in [5.74, 6) is -1.32. The van der Waals surface area contributed by atoms with Crippen molar-refractivity contribution in [2.45, 2.75) is 13.8 Å². The van der Waals surface area contributed by atoms with E-state index in [1.54, 1.807) is 48.5 Å². The van der Waals surface area contributed by atoms with Crippen molar-refractivity contribution in [2.75, 3.05) is 23.8 Å². The van der Waals surface area contributed by atoms with Crippen LogP contribution in [0.2, 0.25) is 0 Å². The van der Waals surface area contributed by atoms with Crippen molar-refractivity contribution in [1.82, 2.24) is 5.43 Å². The first kappa shape index (κ1) is 25.0. The van der Waals surface area contributed by atoms with E-state index in [0.29, 0.717) is 35.0 Å². The molecule has 0 aliphatic rings. The number of aryl methyl sites for hydroxylation is 1. The lowest BCUT2D eigenvalue weighted by molar-refractivity contribution is -0.136. The fourth-order valence-corrected chi connectivity index (χ4v) is 3.00. The minimum Gasteiger partial charge on any atom is -0.492 e. The van der Waals surface area contributed by atoms with Gasteiger partial charge in [-0.05, 0) is 49.7 Å². The third kappa shape index (κ3) is 7.43. The number of rotatable bonds is 9. The van der Waals surface area contributed by atoms with Gasteiger partial charge in [-0.1, -0.05) is 42.5 Å². The van der Waals surface area contributed by atoms with Crippen molar-refractivity contribution < 1.29 is 23.9 Å². The first-order valence-electron chi connectivity index (χ1n) is 10.9. The second-order valence-electron chi connectivity index (χ2n) is 7.27. The van der Waals surface area contributed by atoms with Crippen molar-refractivity contribution in [3.63, 3.8) is 0 Å². The highest BCUT2D eigenvalue weighted by Crippen LogP contribution is 2.23. The number of hydrazone groups is 1. The van der Waals surface area contributed by atoms with E-state index in [2.05, 4.69) is 21.2 Å². The van der Waals surface area contributed by atoms with Gasteiger partial charge in [0.05, 0.1) is 18.5 Å². The van der Waals surface area contributed by atoms with Gasteiger partial charge in [0.1, 0.15) is 11.5 Å². The number of carbonyl (C=O) groups is 3. The van der Waals surface area contributed by atoms with E-state index in [1.807, 2.05) is 38.1 Å². The van der Waals surface area contributed by atoms with Gasteiger partial charge < -0.3 is 20.1 Å². The fourth-order valence-electron chi connectivity index (χ4n) is 3.00. The second-order valence-corrected chi connectivity index (χ2v) is 7.27. The minimum atomic E-state index is -0.955. The Labute approximate surface area is 203 Å². The predicted octanol–water partition coefficient (Wildman–Crippen LogP) is 3.50. The third-order valence-corrected chi connectivity index (χ3v) is 4.71. The Bertz CT molecular complexity index is 1230. The van der Waals surface area contributed by atoms with E-state index >= 15 is 0 Å². The summed E-state index contributed by atoms with van der Waals surface area (Å²) in [7, 11) is 0. The zero-order valence-corrected chi connectivity index (χ0v) is 19.4. The molecule has 0 atom stereocenters. The van der Waals surface area contributed by atoms with Crippen LogP contribution in [0.3, 0.4) is 0 Å². The van der Waals surface area contributed by atoms with Crippen molar-refractivity contribution >= 4 is 35.3 Å². The van der Waals surface area contributed by atoms with Crippen LogP contribution in [-0.4, -0.2) is 37.1 Å². The van der Waals surface area contributed by atoms with Crippen molar-refractivity contribution in [2.24, 2.45) is 5.10 Å². The van der Waals surface area contributed by atoms with Gasteiger partial charge in [0, 0.05) is 11.3 Å². The number of hydrogen-bond acceptors (Lipinski definition) is 6. The SMILES string of the molecule is CCOc1ccccc1NC(=O)C(=O)N/N=C\c1ccccc1OCC(=O)Nc1ccccc1C. The number of anilines is 2. The van der Waals surface area contributed by atoms with Gasteiger partial charge >= 0.3 is 11.8 Å². The van der Waals surface area contributed by atoms with Crippen LogP contribution in [0.15, 0.2) is 77.9 Å². The molecule has 3 rings (SSSR count). The summed E-state index contributed by atoms with van der Waals surface area (Å²) in [5, 5.41) is 9.12. The van der Waals surface area contributed by atoms with Gasteiger partial charge in [-0.15, -0.1) is 0 Å². The number of carbonyl (C=O) groups excluding carboxylic acids is 3. The van der Waals surface area contributed by atoms with Gasteiger partial charge in [-0.2, -0.15) is 5.10 Å². The van der Waals surface area contributed by atoms with Crippen LogP contribution in [0, 0.1) is 6.92 Å². The molecule has 0 spiro atoms. The maximum absolute atomic E-state index is 12.3. The molecule has 3 N–H and O–H groups in total. The largest absolute Gasteiger partial charge is 0.492 e. The molecule has 9 heteroatoms. The summed E-state index contributed by atoms with van der Waals surface area (Å²) in [4.78, 5) is 36.6. The molecule has 0 saturated carbocycles. The quantitative estimate of drug-likeness (QED) is 0.249. The Morgan fingerprint density at radius 3 is 2.20 bits per heavy atom. The lowest BCUT2D eigenvalue weighted by atomic mass is 10.2. The van der Waals surface area contributed by atoms with Gasteiger partial charge in [-0.25, -0.2) is 5.43 Å². The Kier molecular flexibility index (Phi) is 8.95. The summed E-state index contributed by atoms with van der Waals surface area (Å²) in [5.41, 5.74) is 4.71. The van der Waals surface area contributed by atoms with Gasteiger partial charge in [0.2, 0.25) is 0 Å². The molecule has 3 amide bonds. The minimum absolute atomic E-state index is 0.215. The van der Waals surface area contributed by atoms with Crippen molar-refractivity contribution in [3.05, 3.63) is 83.9 Å². The number of amides is 3. The van der Waals surface area contributed by atoms with E-state index in [9.17, 15) is 14.4 Å². The molecular formula is C26H26N4O5. The predicted molar refractivity (Wildman–Crippen MR) is 134 cm³/mol. The molecule has 35 heavy (non-hydrogen) atoms. The van der Waals surface area contributed by atoms with Crippen LogP contribution >= 0.6 is 0 Å². The van der Waals surface area contributed by atoms with Crippen LogP contribution in [0.4, 0.5) is 11.4 Å². The highest BCUT2D eigenvalue weighted by molar-refractivity contribution is 6.39. The molecule has 0 unspecified atom stereocenters. The topological polar surface area (TPSA) is 118 Å². The van der Waals surface area contributed by atoms with Crippen LogP contribution in [0.5, 0.6) is 11.5 Å². The van der Waals surface area contributed by atoms with Crippen molar-refractivity contribution in [1.29, 1.82) is 0 Å². The van der Waals surface area contributed by atoms with Crippen molar-refractivity contribution in [3.8, 4) is 11.5 Å². The summed E-state index contributed by atoms with van der Waals surface area (Å²) in [6.07, 6.45) is 1.33. The van der Waals surface area contributed by atoms with E-state index in [4.69, 9.17) is 9.47 Å². The summed E-state index contributed by atoms with van der Waals surface area (Å²) in [6.45, 7) is 3.92. The molecule has 0 aliphatic carbocycles. The molecule has 0 aliphatic heterocycles. The lowest BCUT2D eigenvalue weighted by Crippen LogP contribution is -2.32. The Balaban J connectivity index is 1.55. The molecule has 3 aromatic carbocycles. The molecule has 0 aromatic heterocycles. The second kappa shape index (κ2) is 12.5. The fraction of sp³-hybridized carbons (Fsp3) is 0.154. The van der Waals surface area contributed by atoms with E-state index in [-0.39, 0.29) is 12.5 Å². The third-order valence-electron chi connectivity index (χ3n) is 4.71. The highest BCUT2D eigenvalue weighted by Gasteiger charge is 2.15. The Morgan fingerprint density at radius 2 is 1.46 bits per heavy atom. The Morgan fingerprint density at radius 1 is 0.800 bits per heavy atom. The summed E-state index contributed by atoms with van der Waals surface area (Å²) < 4.78 is 11.1. The highest BCUT2D eigenvalue weighted by atomic mass is 16.5. The molecule has 0 bridgehead atoms. The normalized spacial score (nSPS) is 10.5. The number of nitrogens with one attached hydrogen (secondary N) is 3. The van der Waals surface area contributed by atoms with Crippen LogP contribution in [-0.2, 0) is 14.4 Å². The monoisotopic (exact) mass is 474 g/mol. The van der Waals surface area contributed by atoms with Crippen LogP contribution in [0.25, 0.3) is 0 Å². The first-order valence-corrected chi connectivity index (χ1v) is 10.9. The van der Waals surface area contributed by atoms with Crippen LogP contribution < -0.4 is 25.5 Å². The van der Waals surface area contributed by atoms with E-state index in [0.717, 1.165) is 5.56 Å². The smallest absolute Gasteiger partial charge is 0.329 e. The van der Waals surface area contributed by atoms with Gasteiger partial charge in [0.25, 0.3) is 5.91 Å². The van der Waals surface area contributed by atoms with Crippen LogP contribution in [0.1, 0.15) is 18.1 Å². The molecule has 0 fully saturated rings. The number of benzene rings is 3. The average Bonchev–Trinajstić information content (AvgIpc) is 2.86. The average molecular weight is 475 g/mol. The maximum Gasteiger partial charge on any atom is 0.329 e. The number of ether oxygens (including phenoxy) is 2. The lowest BCUT2D eigenvalue weighted by Gasteiger charge is -2.11. The molecule has 0 heterocycles. The molecule has 9 nitrogen and oxygen atoms in total. The molecule has 180 valence electrons. The molecular weight excluding hydrogens is 448 g/mol. The zero-order chi connectivity index (χ0) is 25.0. The summed E-state index contributed by atoms with van der Waals surface area (Å²) >= 11 is 0. The van der Waals surface area contributed by atoms with E-state index in [1.165, 1.54) is 6.21 Å². The standard InChI is InChI=1S/C26H26N4O5/c1-3-34-23-15-9-7-13-21(23)29-25(32)26(33)30-27-16-19-11-5-8-14-22(19)35-17-24(31)28-20-12-6-4-10-18(20)2/h4-16H,3,17H2,1-2H3,(H,28,31)(H,29,32)(H,30,33)/b27-16-. The molecule has 0 radical (unpaired) electrons. The van der Waals surface area contributed by atoms with Gasteiger partial charge in [-0.3, -0.25) is 14.4 Å². The summed E-state index contributed by atoms with van der Waals surface area (Å²) in [6, 6.07) is 21.1. The number of para-hydroxylation sites is 4. The van der Waals surface area contributed by atoms with Gasteiger partial charge in [0.15, 0.2) is 6.61 Å². The number of nitrogens with zero attached hydrogens (tertiary/aromatic N) is 1. The maximum atomic E-state index is 12.3. The molecule has 3 aromatic rings. The first-order chi connectivity index (χ1) is 17.0.